The molecular formula is C22H30O8. The molecule has 30 heavy (non-hydrogen) atoms. The van der Waals surface area contributed by atoms with Crippen molar-refractivity contribution in [1.82, 2.24) is 0 Å². The molecule has 1 saturated heterocycles. The summed E-state index contributed by atoms with van der Waals surface area (Å²) < 4.78 is 16.6. The van der Waals surface area contributed by atoms with Crippen molar-refractivity contribution in [3.8, 4) is 0 Å². The minimum absolute atomic E-state index is 0.0152. The molecule has 3 aliphatic rings. The molecule has 1 aliphatic heterocycles. The summed E-state index contributed by atoms with van der Waals surface area (Å²) >= 11 is 0. The number of ether oxygens (including phenoxy) is 3. The normalized spacial score (nSPS) is 40.3. The number of carbonyl (C=O) groups excluding carboxylic acids is 3. The molecule has 1 saturated carbocycles. The lowest BCUT2D eigenvalue weighted by atomic mass is 9.74. The summed E-state index contributed by atoms with van der Waals surface area (Å²) in [5.41, 5.74) is -0.953. The second-order valence-corrected chi connectivity index (χ2v) is 9.18. The molecular weight excluding hydrogens is 392 g/mol. The van der Waals surface area contributed by atoms with Crippen molar-refractivity contribution in [2.45, 2.75) is 71.1 Å². The molecule has 0 radical (unpaired) electrons. The second-order valence-electron chi connectivity index (χ2n) is 9.18. The lowest BCUT2D eigenvalue weighted by molar-refractivity contribution is -0.198. The minimum atomic E-state index is -1.78. The first kappa shape index (κ1) is 22.5. The number of aliphatic hydroxyl groups is 2. The summed E-state index contributed by atoms with van der Waals surface area (Å²) in [5, 5.41) is 22.8. The molecule has 0 amide bonds. The Kier molecular flexibility index (Phi) is 5.86. The Bertz CT molecular complexity index is 795. The van der Waals surface area contributed by atoms with Crippen molar-refractivity contribution in [2.24, 2.45) is 23.7 Å². The topological polar surface area (TPSA) is 119 Å². The maximum absolute atomic E-state index is 12.5. The van der Waals surface area contributed by atoms with Gasteiger partial charge in [0.05, 0.1) is 5.92 Å². The van der Waals surface area contributed by atoms with Gasteiger partial charge in [-0.15, -0.1) is 0 Å². The van der Waals surface area contributed by atoms with Gasteiger partial charge in [0.2, 0.25) is 0 Å². The fourth-order valence-electron chi connectivity index (χ4n) is 5.16. The first-order valence-electron chi connectivity index (χ1n) is 10.2. The fraction of sp³-hybridized carbons (Fsp3) is 0.682. The van der Waals surface area contributed by atoms with Gasteiger partial charge in [-0.2, -0.15) is 0 Å². The van der Waals surface area contributed by atoms with Gasteiger partial charge in [0, 0.05) is 30.8 Å². The molecule has 1 heterocycles. The first-order valence-corrected chi connectivity index (χ1v) is 10.2. The molecule has 2 fully saturated rings. The third-order valence-electron chi connectivity index (χ3n) is 6.37. The maximum Gasteiger partial charge on any atom is 0.334 e. The number of hydrogen-bond acceptors (Lipinski definition) is 8. The van der Waals surface area contributed by atoms with E-state index in [2.05, 4.69) is 6.58 Å². The highest BCUT2D eigenvalue weighted by Crippen LogP contribution is 2.53. The zero-order valence-electron chi connectivity index (χ0n) is 18.0. The summed E-state index contributed by atoms with van der Waals surface area (Å²) in [7, 11) is 0. The summed E-state index contributed by atoms with van der Waals surface area (Å²) in [5.74, 6) is -3.94. The third kappa shape index (κ3) is 3.67. The van der Waals surface area contributed by atoms with Crippen LogP contribution < -0.4 is 0 Å². The lowest BCUT2D eigenvalue weighted by Gasteiger charge is -2.41. The van der Waals surface area contributed by atoms with Crippen molar-refractivity contribution >= 4 is 17.9 Å². The van der Waals surface area contributed by atoms with Gasteiger partial charge in [-0.05, 0) is 25.8 Å². The smallest absolute Gasteiger partial charge is 0.334 e. The van der Waals surface area contributed by atoms with Gasteiger partial charge in [-0.1, -0.05) is 26.0 Å². The van der Waals surface area contributed by atoms with Crippen molar-refractivity contribution in [3.05, 3.63) is 23.8 Å². The number of carbonyl (C=O) groups is 3. The van der Waals surface area contributed by atoms with Crippen LogP contribution in [0.2, 0.25) is 0 Å². The van der Waals surface area contributed by atoms with Crippen LogP contribution in [-0.4, -0.2) is 58.1 Å². The maximum atomic E-state index is 12.5. The van der Waals surface area contributed by atoms with Crippen molar-refractivity contribution in [3.63, 3.8) is 0 Å². The number of aliphatic hydroxyl groups excluding tert-OH is 1. The SMILES string of the molecule is C=C1C(=O)OC2C1C(O)C(OC(=O)CC(C)C)C(C)(O)C1C(OC(C)=O)C=C(C)C21. The minimum Gasteiger partial charge on any atom is -0.458 e. The van der Waals surface area contributed by atoms with E-state index < -0.39 is 65.7 Å². The monoisotopic (exact) mass is 422 g/mol. The van der Waals surface area contributed by atoms with Crippen LogP contribution in [0, 0.1) is 23.7 Å². The molecule has 2 aliphatic carbocycles. The van der Waals surface area contributed by atoms with Crippen LogP contribution in [-0.2, 0) is 28.6 Å². The molecule has 166 valence electrons. The number of fused-ring (bicyclic) bond motifs is 3. The zero-order chi connectivity index (χ0) is 22.5. The number of esters is 3. The molecule has 0 spiro atoms. The van der Waals surface area contributed by atoms with Gasteiger partial charge in [-0.25, -0.2) is 4.79 Å². The van der Waals surface area contributed by atoms with E-state index in [4.69, 9.17) is 14.2 Å². The summed E-state index contributed by atoms with van der Waals surface area (Å²) in [6.07, 6.45) is -2.62. The molecule has 8 unspecified atom stereocenters. The highest BCUT2D eigenvalue weighted by Gasteiger charge is 2.65. The predicted molar refractivity (Wildman–Crippen MR) is 105 cm³/mol. The van der Waals surface area contributed by atoms with Gasteiger partial charge in [0.25, 0.3) is 0 Å². The van der Waals surface area contributed by atoms with E-state index in [1.54, 1.807) is 13.0 Å². The van der Waals surface area contributed by atoms with Crippen LogP contribution in [0.25, 0.3) is 0 Å². The fourth-order valence-corrected chi connectivity index (χ4v) is 5.16. The Labute approximate surface area is 175 Å². The third-order valence-corrected chi connectivity index (χ3v) is 6.37. The molecule has 2 N–H and O–H groups in total. The Morgan fingerprint density at radius 1 is 1.30 bits per heavy atom. The van der Waals surface area contributed by atoms with Crippen LogP contribution in [0.5, 0.6) is 0 Å². The van der Waals surface area contributed by atoms with Crippen molar-refractivity contribution < 1.29 is 38.8 Å². The summed E-state index contributed by atoms with van der Waals surface area (Å²) in [6, 6.07) is 0. The Morgan fingerprint density at radius 2 is 1.93 bits per heavy atom. The summed E-state index contributed by atoms with van der Waals surface area (Å²) in [4.78, 5) is 36.4. The van der Waals surface area contributed by atoms with Crippen LogP contribution in [0.4, 0.5) is 0 Å². The standard InChI is InChI=1S/C22H30O8/c1-9(2)7-14(24)29-20-18(25)16-11(4)21(26)30-19(16)15-10(3)8-13(28-12(5)23)17(15)22(20,6)27/h8-9,13,15-20,25,27H,4,7H2,1-3,5-6H3. The van der Waals surface area contributed by atoms with Gasteiger partial charge in [0.1, 0.15) is 23.9 Å². The van der Waals surface area contributed by atoms with E-state index in [9.17, 15) is 24.6 Å². The van der Waals surface area contributed by atoms with E-state index in [1.807, 2.05) is 13.8 Å². The van der Waals surface area contributed by atoms with E-state index in [0.29, 0.717) is 0 Å². The highest BCUT2D eigenvalue weighted by atomic mass is 16.6. The Hall–Kier alpha value is -2.19. The predicted octanol–water partition coefficient (Wildman–Crippen LogP) is 1.29. The molecule has 0 bridgehead atoms. The average molecular weight is 422 g/mol. The average Bonchev–Trinajstić information content (AvgIpc) is 3.05. The zero-order valence-corrected chi connectivity index (χ0v) is 18.0. The second kappa shape index (κ2) is 7.81. The van der Waals surface area contributed by atoms with Crippen LogP contribution >= 0.6 is 0 Å². The molecule has 8 heteroatoms. The Morgan fingerprint density at radius 3 is 2.50 bits per heavy atom. The van der Waals surface area contributed by atoms with Gasteiger partial charge in [0.15, 0.2) is 6.10 Å². The van der Waals surface area contributed by atoms with Gasteiger partial charge >= 0.3 is 17.9 Å². The first-order chi connectivity index (χ1) is 13.9. The van der Waals surface area contributed by atoms with E-state index in [1.165, 1.54) is 13.8 Å². The molecule has 0 aromatic rings. The Balaban J connectivity index is 2.08. The van der Waals surface area contributed by atoms with E-state index in [-0.39, 0.29) is 17.9 Å². The molecule has 0 aromatic heterocycles. The number of rotatable bonds is 4. The van der Waals surface area contributed by atoms with Crippen LogP contribution in [0.1, 0.15) is 41.0 Å². The number of hydrogen-bond donors (Lipinski definition) is 2. The molecule has 3 rings (SSSR count). The molecule has 8 atom stereocenters. The van der Waals surface area contributed by atoms with Crippen LogP contribution in [0.3, 0.4) is 0 Å². The molecule has 8 nitrogen and oxygen atoms in total. The van der Waals surface area contributed by atoms with Crippen molar-refractivity contribution in [2.75, 3.05) is 0 Å². The van der Waals surface area contributed by atoms with Crippen molar-refractivity contribution in [1.29, 1.82) is 0 Å². The van der Waals surface area contributed by atoms with Crippen LogP contribution in [0.15, 0.2) is 23.8 Å². The van der Waals surface area contributed by atoms with Gasteiger partial charge in [-0.3, -0.25) is 9.59 Å². The largest absolute Gasteiger partial charge is 0.458 e. The summed E-state index contributed by atoms with van der Waals surface area (Å²) in [6.45, 7) is 12.0. The quantitative estimate of drug-likeness (QED) is 0.301. The highest BCUT2D eigenvalue weighted by molar-refractivity contribution is 5.91. The lowest BCUT2D eigenvalue weighted by Crippen LogP contribution is -2.57. The molecule has 0 aromatic carbocycles. The van der Waals surface area contributed by atoms with E-state index in [0.717, 1.165) is 5.57 Å². The van der Waals surface area contributed by atoms with Gasteiger partial charge < -0.3 is 24.4 Å². The van der Waals surface area contributed by atoms with E-state index >= 15 is 0 Å².